The van der Waals surface area contributed by atoms with E-state index in [9.17, 15) is 4.57 Å². The van der Waals surface area contributed by atoms with Crippen LogP contribution in [0.15, 0.2) is 24.3 Å². The van der Waals surface area contributed by atoms with Crippen LogP contribution in [-0.4, -0.2) is 10.00 Å². The molecular formula is C6H7O3P. The van der Waals surface area contributed by atoms with E-state index in [1.807, 2.05) is 0 Å². The van der Waals surface area contributed by atoms with E-state index >= 15 is 0 Å². The van der Waals surface area contributed by atoms with Crippen molar-refractivity contribution in [2.75, 3.05) is 0 Å². The van der Waals surface area contributed by atoms with Gasteiger partial charge in [0.1, 0.15) is 5.75 Å². The number of para-hydroxylation sites is 1. The minimum Gasteiger partial charge on any atom is -0.507 e. The summed E-state index contributed by atoms with van der Waals surface area (Å²) in [4.78, 5) is 8.59. The SMILES string of the molecule is O=[PH](O)c1ccccc1O. The average Bonchev–Trinajstić information content (AvgIpc) is 1.88. The summed E-state index contributed by atoms with van der Waals surface area (Å²) in [5.41, 5.74) is 0. The van der Waals surface area contributed by atoms with Crippen molar-refractivity contribution in [2.45, 2.75) is 0 Å². The van der Waals surface area contributed by atoms with E-state index < -0.39 is 8.03 Å². The van der Waals surface area contributed by atoms with Crippen LogP contribution in [0.4, 0.5) is 0 Å². The average molecular weight is 158 g/mol. The third kappa shape index (κ3) is 1.38. The minimum atomic E-state index is -2.74. The highest BCUT2D eigenvalue weighted by Crippen LogP contribution is 2.19. The summed E-state index contributed by atoms with van der Waals surface area (Å²) in [7, 11) is -2.74. The maximum absolute atomic E-state index is 10.4. The molecule has 2 N–H and O–H groups in total. The standard InChI is InChI=1S/C6H7O3P/c7-5-3-1-2-4-6(5)10(8)9/h1-4,7,10H,(H,8,9). The highest BCUT2D eigenvalue weighted by Gasteiger charge is 2.02. The Bertz CT molecular complexity index is 259. The molecule has 0 aromatic heterocycles. The lowest BCUT2D eigenvalue weighted by Gasteiger charge is -1.96. The van der Waals surface area contributed by atoms with Gasteiger partial charge in [0.15, 0.2) is 0 Å². The number of rotatable bonds is 1. The Morgan fingerprint density at radius 2 is 1.90 bits per heavy atom. The molecule has 0 aliphatic heterocycles. The van der Waals surface area contributed by atoms with E-state index in [4.69, 9.17) is 10.00 Å². The summed E-state index contributed by atoms with van der Waals surface area (Å²) in [6.45, 7) is 0. The molecule has 3 nitrogen and oxygen atoms in total. The number of hydrogen-bond donors (Lipinski definition) is 2. The van der Waals surface area contributed by atoms with Gasteiger partial charge in [-0.15, -0.1) is 0 Å². The summed E-state index contributed by atoms with van der Waals surface area (Å²) in [6, 6.07) is 6.02. The van der Waals surface area contributed by atoms with Crippen LogP contribution in [-0.2, 0) is 4.57 Å². The molecule has 0 fully saturated rings. The fourth-order valence-electron chi connectivity index (χ4n) is 0.654. The first-order chi connectivity index (χ1) is 4.72. The van der Waals surface area contributed by atoms with Crippen LogP contribution >= 0.6 is 8.03 Å². The van der Waals surface area contributed by atoms with Crippen LogP contribution in [0.2, 0.25) is 0 Å². The van der Waals surface area contributed by atoms with Gasteiger partial charge in [0.05, 0.1) is 5.30 Å². The van der Waals surface area contributed by atoms with E-state index in [2.05, 4.69) is 0 Å². The topological polar surface area (TPSA) is 57.5 Å². The molecule has 1 aromatic carbocycles. The Balaban J connectivity index is 3.15. The number of hydrogen-bond acceptors (Lipinski definition) is 2. The highest BCUT2D eigenvalue weighted by molar-refractivity contribution is 7.47. The largest absolute Gasteiger partial charge is 0.507 e. The van der Waals surface area contributed by atoms with Gasteiger partial charge < -0.3 is 10.00 Å². The smallest absolute Gasteiger partial charge is 0.221 e. The maximum atomic E-state index is 10.4. The Morgan fingerprint density at radius 3 is 2.30 bits per heavy atom. The molecule has 0 saturated carbocycles. The number of phenolic OH excluding ortho intramolecular Hbond substituents is 1. The first-order valence-corrected chi connectivity index (χ1v) is 4.08. The fourth-order valence-corrected chi connectivity index (χ4v) is 1.20. The van der Waals surface area contributed by atoms with Crippen LogP contribution in [0, 0.1) is 0 Å². The van der Waals surface area contributed by atoms with Crippen molar-refractivity contribution >= 4 is 13.3 Å². The van der Waals surface area contributed by atoms with Crippen molar-refractivity contribution < 1.29 is 14.6 Å². The van der Waals surface area contributed by atoms with Gasteiger partial charge >= 0.3 is 0 Å². The van der Waals surface area contributed by atoms with E-state index in [-0.39, 0.29) is 11.1 Å². The molecule has 0 aliphatic rings. The van der Waals surface area contributed by atoms with Crippen molar-refractivity contribution in [2.24, 2.45) is 0 Å². The van der Waals surface area contributed by atoms with Crippen LogP contribution in [0.1, 0.15) is 0 Å². The number of phenols is 1. The third-order valence-electron chi connectivity index (χ3n) is 1.13. The molecule has 10 heavy (non-hydrogen) atoms. The molecule has 4 heteroatoms. The monoisotopic (exact) mass is 158 g/mol. The Hall–Kier alpha value is -0.790. The first kappa shape index (κ1) is 7.32. The van der Waals surface area contributed by atoms with Crippen LogP contribution in [0.3, 0.4) is 0 Å². The molecular weight excluding hydrogens is 151 g/mol. The van der Waals surface area contributed by atoms with Gasteiger partial charge in [0, 0.05) is 0 Å². The zero-order valence-corrected chi connectivity index (χ0v) is 6.11. The van der Waals surface area contributed by atoms with Gasteiger partial charge in [-0.3, -0.25) is 4.57 Å². The molecule has 0 bridgehead atoms. The van der Waals surface area contributed by atoms with E-state index in [1.54, 1.807) is 12.1 Å². The predicted octanol–water partition coefficient (Wildman–Crippen LogP) is 0.484. The summed E-state index contributed by atoms with van der Waals surface area (Å²) in [5.74, 6) is -0.117. The van der Waals surface area contributed by atoms with Gasteiger partial charge in [-0.05, 0) is 12.1 Å². The zero-order chi connectivity index (χ0) is 7.56. The van der Waals surface area contributed by atoms with Crippen LogP contribution in [0.5, 0.6) is 5.75 Å². The molecule has 1 unspecified atom stereocenters. The van der Waals surface area contributed by atoms with Crippen molar-refractivity contribution in [3.05, 3.63) is 24.3 Å². The fraction of sp³-hybridized carbons (Fsp3) is 0. The first-order valence-electron chi connectivity index (χ1n) is 2.73. The molecule has 54 valence electrons. The Kier molecular flexibility index (Phi) is 2.10. The molecule has 1 aromatic rings. The van der Waals surface area contributed by atoms with Crippen LogP contribution < -0.4 is 5.30 Å². The van der Waals surface area contributed by atoms with Crippen molar-refractivity contribution in [1.82, 2.24) is 0 Å². The van der Waals surface area contributed by atoms with Gasteiger partial charge in [-0.2, -0.15) is 0 Å². The lowest BCUT2D eigenvalue weighted by molar-refractivity contribution is 0.475. The Morgan fingerprint density at radius 1 is 1.30 bits per heavy atom. The van der Waals surface area contributed by atoms with Gasteiger partial charge in [-0.1, -0.05) is 12.1 Å². The normalized spacial score (nSPS) is 12.9. The summed E-state index contributed by atoms with van der Waals surface area (Å²) < 4.78 is 10.4. The minimum absolute atomic E-state index is 0.117. The summed E-state index contributed by atoms with van der Waals surface area (Å²) in [5, 5.41) is 9.06. The van der Waals surface area contributed by atoms with Crippen molar-refractivity contribution in [1.29, 1.82) is 0 Å². The second-order valence-corrected chi connectivity index (χ2v) is 2.97. The van der Waals surface area contributed by atoms with Gasteiger partial charge in [-0.25, -0.2) is 0 Å². The maximum Gasteiger partial charge on any atom is 0.221 e. The molecule has 0 radical (unpaired) electrons. The molecule has 0 aliphatic carbocycles. The lowest BCUT2D eigenvalue weighted by atomic mass is 10.3. The third-order valence-corrected chi connectivity index (χ3v) is 2.02. The molecule has 0 amide bonds. The van der Waals surface area contributed by atoms with Crippen molar-refractivity contribution in [3.8, 4) is 5.75 Å². The molecule has 0 heterocycles. The van der Waals surface area contributed by atoms with E-state index in [1.165, 1.54) is 12.1 Å². The summed E-state index contributed by atoms with van der Waals surface area (Å²) >= 11 is 0. The van der Waals surface area contributed by atoms with E-state index in [0.29, 0.717) is 0 Å². The van der Waals surface area contributed by atoms with Crippen LogP contribution in [0.25, 0.3) is 0 Å². The number of benzene rings is 1. The van der Waals surface area contributed by atoms with E-state index in [0.717, 1.165) is 0 Å². The predicted molar refractivity (Wildman–Crippen MR) is 39.0 cm³/mol. The second kappa shape index (κ2) is 2.86. The van der Waals surface area contributed by atoms with Crippen molar-refractivity contribution in [3.63, 3.8) is 0 Å². The van der Waals surface area contributed by atoms with Gasteiger partial charge in [0.25, 0.3) is 0 Å². The molecule has 0 saturated heterocycles. The quantitative estimate of drug-likeness (QED) is 0.584. The molecule has 1 rings (SSSR count). The molecule has 1 atom stereocenters. The lowest BCUT2D eigenvalue weighted by Crippen LogP contribution is -1.94. The second-order valence-electron chi connectivity index (χ2n) is 1.82. The summed E-state index contributed by atoms with van der Waals surface area (Å²) in [6.07, 6.45) is 0. The molecule has 0 spiro atoms. The number of aromatic hydroxyl groups is 1. The van der Waals surface area contributed by atoms with Gasteiger partial charge in [0.2, 0.25) is 8.03 Å². The highest BCUT2D eigenvalue weighted by atomic mass is 31.1. The Labute approximate surface area is 58.8 Å². The zero-order valence-electron chi connectivity index (χ0n) is 5.11.